The lowest BCUT2D eigenvalue weighted by molar-refractivity contribution is 0.0539. The summed E-state index contributed by atoms with van der Waals surface area (Å²) < 4.78 is 34.2. The van der Waals surface area contributed by atoms with Crippen LogP contribution in [-0.4, -0.2) is 44.9 Å². The maximum Gasteiger partial charge on any atom is 0.295 e. The summed E-state index contributed by atoms with van der Waals surface area (Å²) in [4.78, 5) is 28.4. The molecule has 1 saturated heterocycles. The zero-order valence-electron chi connectivity index (χ0n) is 19.5. The van der Waals surface area contributed by atoms with E-state index >= 15 is 4.39 Å². The molecule has 0 unspecified atom stereocenters. The number of aromatic nitrogens is 3. The van der Waals surface area contributed by atoms with Gasteiger partial charge in [0, 0.05) is 31.5 Å². The monoisotopic (exact) mass is 477 g/mol. The number of anilines is 1. The number of aryl methyl sites for hydroxylation is 1. The van der Waals surface area contributed by atoms with Gasteiger partial charge in [-0.2, -0.15) is 4.98 Å². The normalized spacial score (nSPS) is 18.1. The lowest BCUT2D eigenvalue weighted by atomic mass is 9.89. The molecule has 35 heavy (non-hydrogen) atoms. The van der Waals surface area contributed by atoms with E-state index in [1.807, 2.05) is 0 Å². The summed E-state index contributed by atoms with van der Waals surface area (Å²) in [6.07, 6.45) is 4.85. The second-order valence-corrected chi connectivity index (χ2v) is 8.88. The molecule has 180 valence electrons. The first-order valence-corrected chi connectivity index (χ1v) is 11.6. The van der Waals surface area contributed by atoms with Crippen LogP contribution in [0.2, 0.25) is 0 Å². The molecule has 0 aliphatic carbocycles. The Morgan fingerprint density at radius 2 is 2.00 bits per heavy atom. The first-order valence-electron chi connectivity index (χ1n) is 11.6. The molecule has 1 aliphatic heterocycles. The second-order valence-electron chi connectivity index (χ2n) is 8.88. The van der Waals surface area contributed by atoms with Crippen molar-refractivity contribution in [2.75, 3.05) is 18.4 Å². The van der Waals surface area contributed by atoms with Gasteiger partial charge in [-0.3, -0.25) is 4.79 Å². The quantitative estimate of drug-likeness (QED) is 0.424. The highest BCUT2D eigenvalue weighted by Gasteiger charge is 2.35. The molecule has 1 N–H and O–H groups in total. The Morgan fingerprint density at radius 1 is 1.20 bits per heavy atom. The van der Waals surface area contributed by atoms with E-state index in [1.54, 1.807) is 24.0 Å². The van der Waals surface area contributed by atoms with Crippen LogP contribution in [0.15, 0.2) is 53.2 Å². The number of nitrogens with zero attached hydrogens (tertiary/aromatic N) is 4. The molecule has 1 fully saturated rings. The van der Waals surface area contributed by atoms with Crippen LogP contribution in [0, 0.1) is 24.5 Å². The van der Waals surface area contributed by atoms with E-state index in [9.17, 15) is 9.18 Å². The van der Waals surface area contributed by atoms with Gasteiger partial charge < -0.3 is 14.6 Å². The highest BCUT2D eigenvalue weighted by Crippen LogP contribution is 2.32. The number of carbonyl (C=O) groups is 1. The van der Waals surface area contributed by atoms with Crippen molar-refractivity contribution in [3.05, 3.63) is 71.6 Å². The van der Waals surface area contributed by atoms with Crippen molar-refractivity contribution in [2.45, 2.75) is 32.7 Å². The molecule has 2 atom stereocenters. The number of fused-ring (bicyclic) bond motifs is 1. The number of nitrogens with one attached hydrogen (secondary N) is 1. The minimum absolute atomic E-state index is 0.113. The number of likely N-dealkylation sites (tertiary alicyclic amines) is 1. The molecule has 0 radical (unpaired) electrons. The highest BCUT2D eigenvalue weighted by atomic mass is 19.1. The second kappa shape index (κ2) is 9.40. The van der Waals surface area contributed by atoms with Crippen LogP contribution in [-0.2, 0) is 0 Å². The highest BCUT2D eigenvalue weighted by molar-refractivity contribution is 6.02. The summed E-state index contributed by atoms with van der Waals surface area (Å²) >= 11 is 0. The molecule has 1 aliphatic rings. The molecule has 4 aromatic rings. The van der Waals surface area contributed by atoms with E-state index in [0.29, 0.717) is 29.8 Å². The topological polar surface area (TPSA) is 84.2 Å². The Kier molecular flexibility index (Phi) is 6.15. The lowest BCUT2D eigenvalue weighted by Crippen LogP contribution is -2.51. The Labute approximate surface area is 201 Å². The summed E-state index contributed by atoms with van der Waals surface area (Å²) in [5.41, 5.74) is 1.93. The predicted octanol–water partition coefficient (Wildman–Crippen LogP) is 5.22. The van der Waals surface area contributed by atoms with Gasteiger partial charge in [-0.25, -0.2) is 18.7 Å². The summed E-state index contributed by atoms with van der Waals surface area (Å²) in [6.45, 7) is 4.80. The number of oxazole rings is 1. The average Bonchev–Trinajstić information content (AvgIpc) is 3.26. The third-order valence-electron chi connectivity index (χ3n) is 6.55. The van der Waals surface area contributed by atoms with Gasteiger partial charge in [-0.15, -0.1) is 0 Å². The molecule has 2 aromatic carbocycles. The Balaban J connectivity index is 1.45. The summed E-state index contributed by atoms with van der Waals surface area (Å²) in [7, 11) is 0. The van der Waals surface area contributed by atoms with Crippen LogP contribution in [0.4, 0.5) is 14.8 Å². The minimum Gasteiger partial charge on any atom is -0.424 e. The molecule has 0 saturated carbocycles. The molecule has 9 heteroatoms. The van der Waals surface area contributed by atoms with E-state index < -0.39 is 11.6 Å². The summed E-state index contributed by atoms with van der Waals surface area (Å²) in [6, 6.07) is 8.82. The largest absolute Gasteiger partial charge is 0.424 e. The SMILES string of the molecule is Cc1ccc(F)c(-c2ncccn2)c1C(=O)N1CCC[C@@H](C)[C@H]1CNc1nc2cc(F)ccc2o1. The van der Waals surface area contributed by atoms with Crippen LogP contribution in [0.25, 0.3) is 22.5 Å². The fraction of sp³-hybridized carbons (Fsp3) is 0.308. The van der Waals surface area contributed by atoms with Crippen LogP contribution < -0.4 is 5.32 Å². The Morgan fingerprint density at radius 3 is 2.80 bits per heavy atom. The number of rotatable bonds is 5. The molecule has 3 heterocycles. The number of carbonyl (C=O) groups excluding carboxylic acids is 1. The fourth-order valence-corrected chi connectivity index (χ4v) is 4.73. The van der Waals surface area contributed by atoms with Gasteiger partial charge in [-0.05, 0) is 55.5 Å². The third-order valence-corrected chi connectivity index (χ3v) is 6.55. The third kappa shape index (κ3) is 4.45. The van der Waals surface area contributed by atoms with E-state index in [2.05, 4.69) is 27.2 Å². The maximum absolute atomic E-state index is 15.0. The first-order chi connectivity index (χ1) is 16.9. The van der Waals surface area contributed by atoms with Gasteiger partial charge in [0.1, 0.15) is 17.2 Å². The molecular weight excluding hydrogens is 452 g/mol. The predicted molar refractivity (Wildman–Crippen MR) is 128 cm³/mol. The van der Waals surface area contributed by atoms with Gasteiger partial charge in [0.15, 0.2) is 11.4 Å². The number of benzene rings is 2. The molecule has 2 aromatic heterocycles. The zero-order valence-corrected chi connectivity index (χ0v) is 19.5. The van der Waals surface area contributed by atoms with E-state index in [0.717, 1.165) is 12.8 Å². The molecule has 1 amide bonds. The molecule has 5 rings (SSSR count). The van der Waals surface area contributed by atoms with Crippen LogP contribution in [0.1, 0.15) is 35.7 Å². The van der Waals surface area contributed by atoms with Crippen molar-refractivity contribution in [2.24, 2.45) is 5.92 Å². The summed E-state index contributed by atoms with van der Waals surface area (Å²) in [5, 5.41) is 3.17. The van der Waals surface area contributed by atoms with Crippen molar-refractivity contribution < 1.29 is 18.0 Å². The van der Waals surface area contributed by atoms with Crippen LogP contribution in [0.3, 0.4) is 0 Å². The molecule has 0 bridgehead atoms. The number of piperidine rings is 1. The standard InChI is InChI=1S/C26H25F2N5O2/c1-15-5-3-12-33(20(15)14-31-26-32-19-13-17(27)7-9-21(19)35-26)25(34)22-16(2)6-8-18(28)23(22)24-29-10-4-11-30-24/h4,6-11,13,15,20H,3,5,12,14H2,1-2H3,(H,31,32)/t15-,20-/m1/s1. The number of hydrogen-bond acceptors (Lipinski definition) is 6. The van der Waals surface area contributed by atoms with Crippen molar-refractivity contribution >= 4 is 23.0 Å². The fourth-order valence-electron chi connectivity index (χ4n) is 4.73. The first kappa shape index (κ1) is 22.9. The van der Waals surface area contributed by atoms with E-state index in [-0.39, 0.29) is 40.8 Å². The molecule has 7 nitrogen and oxygen atoms in total. The van der Waals surface area contributed by atoms with Crippen molar-refractivity contribution in [1.29, 1.82) is 0 Å². The van der Waals surface area contributed by atoms with E-state index in [1.165, 1.54) is 36.7 Å². The minimum atomic E-state index is -0.538. The van der Waals surface area contributed by atoms with Gasteiger partial charge in [-0.1, -0.05) is 13.0 Å². The maximum atomic E-state index is 15.0. The van der Waals surface area contributed by atoms with Crippen molar-refractivity contribution in [1.82, 2.24) is 19.9 Å². The molecular formula is C26H25F2N5O2. The Bertz CT molecular complexity index is 1380. The van der Waals surface area contributed by atoms with Gasteiger partial charge in [0.2, 0.25) is 0 Å². The number of amides is 1. The number of hydrogen-bond donors (Lipinski definition) is 1. The zero-order chi connectivity index (χ0) is 24.5. The lowest BCUT2D eigenvalue weighted by Gasteiger charge is -2.40. The van der Waals surface area contributed by atoms with Crippen molar-refractivity contribution in [3.8, 4) is 11.4 Å². The van der Waals surface area contributed by atoms with Gasteiger partial charge >= 0.3 is 0 Å². The summed E-state index contributed by atoms with van der Waals surface area (Å²) in [5.74, 6) is -0.826. The number of halogens is 2. The van der Waals surface area contributed by atoms with Crippen LogP contribution >= 0.6 is 0 Å². The average molecular weight is 478 g/mol. The molecule has 0 spiro atoms. The van der Waals surface area contributed by atoms with E-state index in [4.69, 9.17) is 4.42 Å². The Hall–Kier alpha value is -3.88. The van der Waals surface area contributed by atoms with Crippen LogP contribution in [0.5, 0.6) is 0 Å². The van der Waals surface area contributed by atoms with Gasteiger partial charge in [0.25, 0.3) is 11.9 Å². The van der Waals surface area contributed by atoms with Gasteiger partial charge in [0.05, 0.1) is 17.2 Å². The van der Waals surface area contributed by atoms with Crippen molar-refractivity contribution in [3.63, 3.8) is 0 Å². The smallest absolute Gasteiger partial charge is 0.295 e.